The van der Waals surface area contributed by atoms with Gasteiger partial charge in [-0.05, 0) is 31.0 Å². The SMILES string of the molecule is CC1(O)CCN(CC(=O)NCc2ccc(Cl)cc2)C1. The number of carbonyl (C=O) groups is 1. The molecule has 0 radical (unpaired) electrons. The largest absolute Gasteiger partial charge is 0.389 e. The molecule has 1 amide bonds. The number of amides is 1. The van der Waals surface area contributed by atoms with Gasteiger partial charge in [-0.1, -0.05) is 23.7 Å². The number of carbonyl (C=O) groups excluding carboxylic acids is 1. The van der Waals surface area contributed by atoms with Crippen molar-refractivity contribution in [1.29, 1.82) is 0 Å². The summed E-state index contributed by atoms with van der Waals surface area (Å²) >= 11 is 5.80. The van der Waals surface area contributed by atoms with E-state index in [0.29, 0.717) is 24.7 Å². The molecular weight excluding hydrogens is 264 g/mol. The Morgan fingerprint density at radius 2 is 2.16 bits per heavy atom. The first-order valence-electron chi connectivity index (χ1n) is 6.40. The van der Waals surface area contributed by atoms with Gasteiger partial charge in [0.05, 0.1) is 12.1 Å². The van der Waals surface area contributed by atoms with Gasteiger partial charge in [-0.15, -0.1) is 0 Å². The maximum Gasteiger partial charge on any atom is 0.234 e. The van der Waals surface area contributed by atoms with Crippen LogP contribution in [0.4, 0.5) is 0 Å². The fraction of sp³-hybridized carbons (Fsp3) is 0.500. The van der Waals surface area contributed by atoms with Gasteiger partial charge < -0.3 is 10.4 Å². The molecule has 1 aromatic carbocycles. The molecule has 1 heterocycles. The molecular formula is C14H19ClN2O2. The third kappa shape index (κ3) is 4.49. The minimum atomic E-state index is -0.656. The molecule has 5 heteroatoms. The molecule has 104 valence electrons. The average molecular weight is 283 g/mol. The first kappa shape index (κ1) is 14.3. The summed E-state index contributed by atoms with van der Waals surface area (Å²) < 4.78 is 0. The van der Waals surface area contributed by atoms with Crippen LogP contribution in [0.1, 0.15) is 18.9 Å². The van der Waals surface area contributed by atoms with E-state index in [9.17, 15) is 9.90 Å². The van der Waals surface area contributed by atoms with Crippen LogP contribution in [0.5, 0.6) is 0 Å². The van der Waals surface area contributed by atoms with Crippen LogP contribution in [-0.2, 0) is 11.3 Å². The average Bonchev–Trinajstić information content (AvgIpc) is 2.68. The molecule has 1 aliphatic rings. The Balaban J connectivity index is 1.74. The molecule has 0 aromatic heterocycles. The highest BCUT2D eigenvalue weighted by Crippen LogP contribution is 2.19. The number of halogens is 1. The van der Waals surface area contributed by atoms with Crippen molar-refractivity contribution in [3.8, 4) is 0 Å². The van der Waals surface area contributed by atoms with Crippen molar-refractivity contribution >= 4 is 17.5 Å². The first-order valence-corrected chi connectivity index (χ1v) is 6.78. The number of nitrogens with zero attached hydrogens (tertiary/aromatic N) is 1. The van der Waals surface area contributed by atoms with Crippen molar-refractivity contribution in [3.63, 3.8) is 0 Å². The van der Waals surface area contributed by atoms with Crippen LogP contribution in [0.3, 0.4) is 0 Å². The Morgan fingerprint density at radius 3 is 2.74 bits per heavy atom. The lowest BCUT2D eigenvalue weighted by molar-refractivity contribution is -0.122. The predicted molar refractivity (Wildman–Crippen MR) is 75.0 cm³/mol. The van der Waals surface area contributed by atoms with Crippen LogP contribution < -0.4 is 5.32 Å². The summed E-state index contributed by atoms with van der Waals surface area (Å²) in [6, 6.07) is 7.40. The first-order chi connectivity index (χ1) is 8.94. The van der Waals surface area contributed by atoms with Gasteiger partial charge in [0, 0.05) is 24.7 Å². The van der Waals surface area contributed by atoms with Gasteiger partial charge in [-0.25, -0.2) is 0 Å². The van der Waals surface area contributed by atoms with Gasteiger partial charge in [-0.3, -0.25) is 9.69 Å². The summed E-state index contributed by atoms with van der Waals surface area (Å²) in [7, 11) is 0. The van der Waals surface area contributed by atoms with Gasteiger partial charge in [0.15, 0.2) is 0 Å². The van der Waals surface area contributed by atoms with Gasteiger partial charge in [0.1, 0.15) is 0 Å². The summed E-state index contributed by atoms with van der Waals surface area (Å²) in [6.45, 7) is 3.96. The molecule has 1 fully saturated rings. The molecule has 1 saturated heterocycles. The Hall–Kier alpha value is -1.10. The Labute approximate surface area is 118 Å². The van der Waals surface area contributed by atoms with Crippen LogP contribution >= 0.6 is 11.6 Å². The number of aliphatic hydroxyl groups is 1. The predicted octanol–water partition coefficient (Wildman–Crippen LogP) is 1.41. The minimum absolute atomic E-state index is 0.0207. The zero-order valence-electron chi connectivity index (χ0n) is 11.0. The zero-order chi connectivity index (χ0) is 13.9. The van der Waals surface area contributed by atoms with Gasteiger partial charge >= 0.3 is 0 Å². The number of likely N-dealkylation sites (tertiary alicyclic amines) is 1. The maximum absolute atomic E-state index is 11.8. The second kappa shape index (κ2) is 5.90. The molecule has 1 atom stereocenters. The Bertz CT molecular complexity index is 445. The van der Waals surface area contributed by atoms with E-state index in [2.05, 4.69) is 5.32 Å². The molecule has 0 bridgehead atoms. The highest BCUT2D eigenvalue weighted by Gasteiger charge is 2.31. The van der Waals surface area contributed by atoms with Crippen molar-refractivity contribution in [3.05, 3.63) is 34.9 Å². The fourth-order valence-electron chi connectivity index (χ4n) is 2.24. The normalized spacial score (nSPS) is 23.5. The van der Waals surface area contributed by atoms with Crippen molar-refractivity contribution in [1.82, 2.24) is 10.2 Å². The summed E-state index contributed by atoms with van der Waals surface area (Å²) in [5.74, 6) is -0.0207. The second-order valence-electron chi connectivity index (χ2n) is 5.36. The number of hydrogen-bond donors (Lipinski definition) is 2. The highest BCUT2D eigenvalue weighted by atomic mass is 35.5. The number of nitrogens with one attached hydrogen (secondary N) is 1. The maximum atomic E-state index is 11.8. The smallest absolute Gasteiger partial charge is 0.234 e. The molecule has 1 aliphatic heterocycles. The molecule has 1 unspecified atom stereocenters. The van der Waals surface area contributed by atoms with Crippen molar-refractivity contribution in [2.45, 2.75) is 25.5 Å². The fourth-order valence-corrected chi connectivity index (χ4v) is 2.36. The molecule has 2 rings (SSSR count). The second-order valence-corrected chi connectivity index (χ2v) is 5.80. The number of rotatable bonds is 4. The molecule has 2 N–H and O–H groups in total. The lowest BCUT2D eigenvalue weighted by Crippen LogP contribution is -2.37. The van der Waals surface area contributed by atoms with Crippen molar-refractivity contribution < 1.29 is 9.90 Å². The standard InChI is InChI=1S/C14H19ClN2O2/c1-14(19)6-7-17(10-14)9-13(18)16-8-11-2-4-12(15)5-3-11/h2-5,19H,6-10H2,1H3,(H,16,18). The van der Waals surface area contributed by atoms with E-state index in [1.165, 1.54) is 0 Å². The molecule has 1 aromatic rings. The summed E-state index contributed by atoms with van der Waals surface area (Å²) in [5, 5.41) is 13.4. The van der Waals surface area contributed by atoms with Crippen molar-refractivity contribution in [2.24, 2.45) is 0 Å². The Morgan fingerprint density at radius 1 is 1.47 bits per heavy atom. The van der Waals surface area contributed by atoms with Gasteiger partial charge in [0.2, 0.25) is 5.91 Å². The molecule has 19 heavy (non-hydrogen) atoms. The molecule has 4 nitrogen and oxygen atoms in total. The topological polar surface area (TPSA) is 52.6 Å². The number of β-amino-alcohol motifs (C(OH)–C–C–N with tert-alkyl or cyclic N) is 1. The van der Waals surface area contributed by atoms with E-state index in [1.807, 2.05) is 17.0 Å². The number of benzene rings is 1. The molecule has 0 saturated carbocycles. The van der Waals surface area contributed by atoms with E-state index in [1.54, 1.807) is 19.1 Å². The quantitative estimate of drug-likeness (QED) is 0.878. The third-order valence-corrected chi connectivity index (χ3v) is 3.55. The van der Waals surface area contributed by atoms with E-state index >= 15 is 0 Å². The lowest BCUT2D eigenvalue weighted by atomic mass is 10.1. The minimum Gasteiger partial charge on any atom is -0.389 e. The van der Waals surface area contributed by atoms with E-state index in [0.717, 1.165) is 18.5 Å². The van der Waals surface area contributed by atoms with Crippen LogP contribution in [0, 0.1) is 0 Å². The van der Waals surface area contributed by atoms with Crippen LogP contribution in [-0.4, -0.2) is 41.1 Å². The van der Waals surface area contributed by atoms with Crippen LogP contribution in [0.15, 0.2) is 24.3 Å². The summed E-state index contributed by atoms with van der Waals surface area (Å²) in [6.07, 6.45) is 0.720. The molecule has 0 aliphatic carbocycles. The number of hydrogen-bond acceptors (Lipinski definition) is 3. The van der Waals surface area contributed by atoms with Gasteiger partial charge in [0.25, 0.3) is 0 Å². The van der Waals surface area contributed by atoms with Crippen LogP contribution in [0.25, 0.3) is 0 Å². The zero-order valence-corrected chi connectivity index (χ0v) is 11.8. The van der Waals surface area contributed by atoms with E-state index in [4.69, 9.17) is 11.6 Å². The lowest BCUT2D eigenvalue weighted by Gasteiger charge is -2.18. The summed E-state index contributed by atoms with van der Waals surface area (Å²) in [5.41, 5.74) is 0.363. The van der Waals surface area contributed by atoms with Gasteiger partial charge in [-0.2, -0.15) is 0 Å². The third-order valence-electron chi connectivity index (χ3n) is 3.30. The van der Waals surface area contributed by atoms with Crippen LogP contribution in [0.2, 0.25) is 5.02 Å². The van der Waals surface area contributed by atoms with Crippen molar-refractivity contribution in [2.75, 3.05) is 19.6 Å². The molecule has 0 spiro atoms. The Kier molecular flexibility index (Phi) is 4.45. The highest BCUT2D eigenvalue weighted by molar-refractivity contribution is 6.30. The van der Waals surface area contributed by atoms with E-state index in [-0.39, 0.29) is 5.91 Å². The van der Waals surface area contributed by atoms with E-state index < -0.39 is 5.60 Å². The summed E-state index contributed by atoms with van der Waals surface area (Å²) in [4.78, 5) is 13.8. The monoisotopic (exact) mass is 282 g/mol.